The highest BCUT2D eigenvalue weighted by molar-refractivity contribution is 5.86. The second-order valence-corrected chi connectivity index (χ2v) is 4.32. The summed E-state index contributed by atoms with van der Waals surface area (Å²) in [5, 5.41) is 2.58. The number of halogens is 1. The fourth-order valence-electron chi connectivity index (χ4n) is 2.15. The molecule has 0 aliphatic carbocycles. The zero-order chi connectivity index (χ0) is 11.4. The first-order valence-corrected chi connectivity index (χ1v) is 6.06. The summed E-state index contributed by atoms with van der Waals surface area (Å²) in [6, 6.07) is 15.0. The maximum atomic E-state index is 6.25. The van der Waals surface area contributed by atoms with Crippen LogP contribution in [0, 0.1) is 0 Å². The van der Waals surface area contributed by atoms with Crippen molar-refractivity contribution in [2.75, 3.05) is 0 Å². The average Bonchev–Trinajstić information content (AvgIpc) is 2.35. The number of benzene rings is 2. The van der Waals surface area contributed by atoms with Crippen LogP contribution in [0.4, 0.5) is 0 Å². The van der Waals surface area contributed by atoms with Crippen LogP contribution in [0.3, 0.4) is 0 Å². The molecular weight excluding hydrogens is 230 g/mol. The predicted molar refractivity (Wildman–Crippen MR) is 77.6 cm³/mol. The van der Waals surface area contributed by atoms with Crippen LogP contribution in [-0.2, 0) is 0 Å². The van der Waals surface area contributed by atoms with Crippen molar-refractivity contribution in [3.63, 3.8) is 0 Å². The molecular formula is C15H20ClN. The summed E-state index contributed by atoms with van der Waals surface area (Å²) in [7, 11) is 0. The average molecular weight is 250 g/mol. The number of nitrogens with two attached hydrogens (primary N) is 1. The van der Waals surface area contributed by atoms with Gasteiger partial charge in [0, 0.05) is 6.04 Å². The van der Waals surface area contributed by atoms with E-state index in [1.54, 1.807) is 0 Å². The molecule has 0 saturated heterocycles. The molecule has 2 rings (SSSR count). The number of hydrogen-bond donors (Lipinski definition) is 1. The minimum Gasteiger partial charge on any atom is -0.324 e. The predicted octanol–water partition coefficient (Wildman–Crippen LogP) is 4.45. The lowest BCUT2D eigenvalue weighted by molar-refractivity contribution is 0.607. The summed E-state index contributed by atoms with van der Waals surface area (Å²) in [6.45, 7) is 2.20. The molecule has 0 bridgehead atoms. The van der Waals surface area contributed by atoms with Gasteiger partial charge in [0.1, 0.15) is 0 Å². The highest BCUT2D eigenvalue weighted by Crippen LogP contribution is 2.25. The van der Waals surface area contributed by atoms with Gasteiger partial charge in [-0.1, -0.05) is 62.2 Å². The number of fused-ring (bicyclic) bond motifs is 1. The van der Waals surface area contributed by atoms with E-state index in [1.807, 2.05) is 0 Å². The van der Waals surface area contributed by atoms with Crippen molar-refractivity contribution in [3.8, 4) is 0 Å². The van der Waals surface area contributed by atoms with Crippen LogP contribution in [-0.4, -0.2) is 0 Å². The molecule has 0 amide bonds. The number of rotatable bonds is 4. The van der Waals surface area contributed by atoms with Crippen LogP contribution in [0.5, 0.6) is 0 Å². The van der Waals surface area contributed by atoms with Gasteiger partial charge in [-0.25, -0.2) is 0 Å². The lowest BCUT2D eigenvalue weighted by Crippen LogP contribution is -2.10. The summed E-state index contributed by atoms with van der Waals surface area (Å²) >= 11 is 0. The molecule has 1 atom stereocenters. The van der Waals surface area contributed by atoms with E-state index in [4.69, 9.17) is 5.73 Å². The molecule has 0 spiro atoms. The Morgan fingerprint density at radius 1 is 1.06 bits per heavy atom. The molecule has 0 aromatic heterocycles. The van der Waals surface area contributed by atoms with Crippen molar-refractivity contribution < 1.29 is 0 Å². The summed E-state index contributed by atoms with van der Waals surface area (Å²) < 4.78 is 0. The van der Waals surface area contributed by atoms with E-state index in [9.17, 15) is 0 Å². The van der Waals surface area contributed by atoms with Crippen LogP contribution < -0.4 is 5.73 Å². The van der Waals surface area contributed by atoms with Gasteiger partial charge in [0.05, 0.1) is 0 Å². The van der Waals surface area contributed by atoms with E-state index >= 15 is 0 Å². The summed E-state index contributed by atoms with van der Waals surface area (Å²) in [5.74, 6) is 0. The molecule has 2 heteroatoms. The van der Waals surface area contributed by atoms with Crippen molar-refractivity contribution in [1.82, 2.24) is 0 Å². The molecule has 0 heterocycles. The topological polar surface area (TPSA) is 26.0 Å². The molecule has 0 unspecified atom stereocenters. The molecule has 2 aromatic rings. The van der Waals surface area contributed by atoms with Crippen molar-refractivity contribution in [2.45, 2.75) is 32.2 Å². The first-order valence-electron chi connectivity index (χ1n) is 6.06. The van der Waals surface area contributed by atoms with Gasteiger partial charge in [-0.2, -0.15) is 0 Å². The monoisotopic (exact) mass is 249 g/mol. The maximum absolute atomic E-state index is 6.25. The molecule has 0 aliphatic rings. The Balaban J connectivity index is 0.00000144. The Morgan fingerprint density at radius 2 is 1.76 bits per heavy atom. The second-order valence-electron chi connectivity index (χ2n) is 4.32. The second kappa shape index (κ2) is 6.63. The van der Waals surface area contributed by atoms with E-state index < -0.39 is 0 Å². The minimum atomic E-state index is 0. The van der Waals surface area contributed by atoms with Gasteiger partial charge >= 0.3 is 0 Å². The third kappa shape index (κ3) is 3.21. The van der Waals surface area contributed by atoms with Crippen LogP contribution >= 0.6 is 12.4 Å². The van der Waals surface area contributed by atoms with E-state index in [0.29, 0.717) is 0 Å². The smallest absolute Gasteiger partial charge is 0.0301 e. The first kappa shape index (κ1) is 14.0. The largest absolute Gasteiger partial charge is 0.324 e. The van der Waals surface area contributed by atoms with Crippen LogP contribution in [0.2, 0.25) is 0 Å². The third-order valence-corrected chi connectivity index (χ3v) is 3.09. The fourth-order valence-corrected chi connectivity index (χ4v) is 2.15. The lowest BCUT2D eigenvalue weighted by Gasteiger charge is -2.14. The zero-order valence-electron chi connectivity index (χ0n) is 10.2. The van der Waals surface area contributed by atoms with Crippen molar-refractivity contribution in [3.05, 3.63) is 48.0 Å². The normalized spacial score (nSPS) is 12.1. The molecule has 2 aromatic carbocycles. The van der Waals surface area contributed by atoms with Gasteiger partial charge < -0.3 is 5.73 Å². The van der Waals surface area contributed by atoms with Crippen LogP contribution in [0.15, 0.2) is 42.5 Å². The Kier molecular flexibility index (Phi) is 5.46. The number of hydrogen-bond acceptors (Lipinski definition) is 1. The summed E-state index contributed by atoms with van der Waals surface area (Å²) in [4.78, 5) is 0. The van der Waals surface area contributed by atoms with Crippen molar-refractivity contribution in [1.29, 1.82) is 0 Å². The Bertz CT molecular complexity index is 462. The highest BCUT2D eigenvalue weighted by Gasteiger charge is 2.08. The molecule has 0 fully saturated rings. The standard InChI is InChI=1S/C15H19N.ClH/c1-2-3-11-15(16)14-10-6-8-12-7-4-5-9-13(12)14;/h4-10,15H,2-3,11,16H2,1H3;1H/t15-;/m1./s1. The minimum absolute atomic E-state index is 0. The molecule has 17 heavy (non-hydrogen) atoms. The van der Waals surface area contributed by atoms with E-state index in [-0.39, 0.29) is 18.4 Å². The lowest BCUT2D eigenvalue weighted by atomic mass is 9.96. The van der Waals surface area contributed by atoms with Gasteiger partial charge in [-0.15, -0.1) is 12.4 Å². The van der Waals surface area contributed by atoms with Gasteiger partial charge in [-0.05, 0) is 22.8 Å². The van der Waals surface area contributed by atoms with E-state index in [1.165, 1.54) is 29.2 Å². The van der Waals surface area contributed by atoms with E-state index in [2.05, 4.69) is 49.4 Å². The van der Waals surface area contributed by atoms with Gasteiger partial charge in [0.25, 0.3) is 0 Å². The Labute approximate surface area is 109 Å². The number of unbranched alkanes of at least 4 members (excludes halogenated alkanes) is 1. The third-order valence-electron chi connectivity index (χ3n) is 3.09. The van der Waals surface area contributed by atoms with Gasteiger partial charge in [-0.3, -0.25) is 0 Å². The Morgan fingerprint density at radius 3 is 2.53 bits per heavy atom. The maximum Gasteiger partial charge on any atom is 0.0301 e. The molecule has 0 saturated carbocycles. The summed E-state index contributed by atoms with van der Waals surface area (Å²) in [5.41, 5.74) is 7.53. The zero-order valence-corrected chi connectivity index (χ0v) is 11.0. The van der Waals surface area contributed by atoms with Crippen molar-refractivity contribution in [2.24, 2.45) is 5.73 Å². The molecule has 2 N–H and O–H groups in total. The van der Waals surface area contributed by atoms with Gasteiger partial charge in [0.15, 0.2) is 0 Å². The molecule has 0 aliphatic heterocycles. The quantitative estimate of drug-likeness (QED) is 0.851. The highest BCUT2D eigenvalue weighted by atomic mass is 35.5. The molecule has 92 valence electrons. The van der Waals surface area contributed by atoms with E-state index in [0.717, 1.165) is 6.42 Å². The van der Waals surface area contributed by atoms with Crippen molar-refractivity contribution >= 4 is 23.2 Å². The summed E-state index contributed by atoms with van der Waals surface area (Å²) in [6.07, 6.45) is 3.48. The van der Waals surface area contributed by atoms with Crippen LogP contribution in [0.1, 0.15) is 37.8 Å². The SMILES string of the molecule is CCCC[C@@H](N)c1cccc2ccccc12.Cl. The molecule has 0 radical (unpaired) electrons. The Hall–Kier alpha value is -1.05. The molecule has 1 nitrogen and oxygen atoms in total. The first-order chi connectivity index (χ1) is 7.83. The van der Waals surface area contributed by atoms with Gasteiger partial charge in [0.2, 0.25) is 0 Å². The van der Waals surface area contributed by atoms with Crippen LogP contribution in [0.25, 0.3) is 10.8 Å². The fraction of sp³-hybridized carbons (Fsp3) is 0.333.